The summed E-state index contributed by atoms with van der Waals surface area (Å²) in [6.07, 6.45) is 8.48. The van der Waals surface area contributed by atoms with Crippen molar-refractivity contribution in [3.63, 3.8) is 0 Å². The van der Waals surface area contributed by atoms with Gasteiger partial charge in [-0.15, -0.1) is 0 Å². The molecule has 0 spiro atoms. The second-order valence-corrected chi connectivity index (χ2v) is 8.01. The highest BCUT2D eigenvalue weighted by molar-refractivity contribution is 5.68. The highest BCUT2D eigenvalue weighted by Gasteiger charge is 2.27. The molecule has 4 heterocycles. The van der Waals surface area contributed by atoms with Crippen LogP contribution in [0.2, 0.25) is 0 Å². The number of carbonyl (C=O) groups excluding carboxylic acids is 1. The maximum Gasteiger partial charge on any atom is 0.305 e. The molecule has 0 fully saturated rings. The van der Waals surface area contributed by atoms with Crippen LogP contribution < -0.4 is 9.64 Å². The molecule has 178 valence electrons. The van der Waals surface area contributed by atoms with Gasteiger partial charge in [0.05, 0.1) is 25.5 Å². The lowest BCUT2D eigenvalue weighted by molar-refractivity contribution is -0.140. The molecular weight excluding hydrogens is 439 g/mol. The summed E-state index contributed by atoms with van der Waals surface area (Å²) in [5.74, 6) is 1.11. The Labute approximate surface area is 197 Å². The molecule has 0 aromatic carbocycles. The summed E-state index contributed by atoms with van der Waals surface area (Å²) in [5, 5.41) is 0. The second kappa shape index (κ2) is 11.0. The molecule has 0 bridgehead atoms. The van der Waals surface area contributed by atoms with E-state index in [0.717, 1.165) is 30.5 Å². The Hall–Kier alpha value is -3.69. The summed E-state index contributed by atoms with van der Waals surface area (Å²) >= 11 is 0. The topological polar surface area (TPSA) is 103 Å². The second-order valence-electron chi connectivity index (χ2n) is 8.01. The number of unbranched alkanes of at least 4 members (excludes halogenated alkanes) is 2. The van der Waals surface area contributed by atoms with Gasteiger partial charge in [-0.3, -0.25) is 4.79 Å². The Morgan fingerprint density at radius 2 is 1.94 bits per heavy atom. The molecule has 1 unspecified atom stereocenters. The molecule has 0 aliphatic carbocycles. The van der Waals surface area contributed by atoms with Crippen LogP contribution in [0.1, 0.15) is 49.9 Å². The fourth-order valence-electron chi connectivity index (χ4n) is 3.93. The first-order chi connectivity index (χ1) is 16.5. The van der Waals surface area contributed by atoms with Crippen LogP contribution in [0.15, 0.2) is 36.8 Å². The van der Waals surface area contributed by atoms with Gasteiger partial charge in [0, 0.05) is 55.7 Å². The number of fused-ring (bicyclic) bond motifs is 1. The maximum absolute atomic E-state index is 14.3. The summed E-state index contributed by atoms with van der Waals surface area (Å²) in [4.78, 5) is 34.8. The van der Waals surface area contributed by atoms with E-state index in [0.29, 0.717) is 49.2 Å². The predicted octanol–water partition coefficient (Wildman–Crippen LogP) is 3.70. The van der Waals surface area contributed by atoms with E-state index >= 15 is 0 Å². The van der Waals surface area contributed by atoms with E-state index in [1.54, 1.807) is 30.7 Å². The normalized spacial score (nSPS) is 15.0. The molecule has 10 heteroatoms. The fourth-order valence-corrected chi connectivity index (χ4v) is 3.93. The number of halogens is 1. The SMILES string of the molecule is COC(=O)CCCCCOc1cc(F)nc(N2CCc3nc(-c4ncccn4)ncc3C2C)c1. The number of nitrogens with zero attached hydrogens (tertiary/aromatic N) is 6. The Morgan fingerprint density at radius 3 is 2.74 bits per heavy atom. The molecule has 3 aromatic heterocycles. The third-order valence-corrected chi connectivity index (χ3v) is 5.74. The maximum atomic E-state index is 14.3. The highest BCUT2D eigenvalue weighted by atomic mass is 19.1. The van der Waals surface area contributed by atoms with Crippen molar-refractivity contribution in [2.75, 3.05) is 25.2 Å². The molecule has 1 atom stereocenters. The molecule has 0 saturated carbocycles. The molecule has 1 aliphatic heterocycles. The van der Waals surface area contributed by atoms with Crippen molar-refractivity contribution < 1.29 is 18.7 Å². The van der Waals surface area contributed by atoms with Gasteiger partial charge in [-0.25, -0.2) is 24.9 Å². The molecule has 3 aromatic rings. The van der Waals surface area contributed by atoms with Crippen LogP contribution in [0.4, 0.5) is 10.2 Å². The van der Waals surface area contributed by atoms with E-state index < -0.39 is 5.95 Å². The quantitative estimate of drug-likeness (QED) is 0.265. The molecular formula is C24H27FN6O3. The van der Waals surface area contributed by atoms with Gasteiger partial charge in [0.15, 0.2) is 11.6 Å². The lowest BCUT2D eigenvalue weighted by atomic mass is 9.99. The highest BCUT2D eigenvalue weighted by Crippen LogP contribution is 2.33. The standard InChI is InChI=1S/C24H27FN6O3/c1-16-18-15-28-24(23-26-9-6-10-27-23)29-19(18)8-11-31(16)21-14-17(13-20(25)30-21)34-12-5-3-4-7-22(32)33-2/h6,9-10,13-16H,3-5,7-8,11-12H2,1-2H3. The first-order valence-corrected chi connectivity index (χ1v) is 11.3. The van der Waals surface area contributed by atoms with Crippen molar-refractivity contribution in [1.29, 1.82) is 0 Å². The smallest absolute Gasteiger partial charge is 0.305 e. The predicted molar refractivity (Wildman–Crippen MR) is 123 cm³/mol. The lowest BCUT2D eigenvalue weighted by Crippen LogP contribution is -2.35. The zero-order valence-corrected chi connectivity index (χ0v) is 19.3. The molecule has 0 saturated heterocycles. The number of anilines is 1. The third-order valence-electron chi connectivity index (χ3n) is 5.74. The Balaban J connectivity index is 1.41. The summed E-state index contributed by atoms with van der Waals surface area (Å²) in [7, 11) is 1.38. The van der Waals surface area contributed by atoms with Crippen LogP contribution in [-0.4, -0.2) is 51.2 Å². The summed E-state index contributed by atoms with van der Waals surface area (Å²) in [5.41, 5.74) is 1.89. The summed E-state index contributed by atoms with van der Waals surface area (Å²) in [6, 6.07) is 4.70. The van der Waals surface area contributed by atoms with Crippen molar-refractivity contribution in [1.82, 2.24) is 24.9 Å². The van der Waals surface area contributed by atoms with Gasteiger partial charge in [0.25, 0.3) is 0 Å². The van der Waals surface area contributed by atoms with E-state index in [4.69, 9.17) is 4.74 Å². The van der Waals surface area contributed by atoms with Gasteiger partial charge >= 0.3 is 5.97 Å². The minimum Gasteiger partial charge on any atom is -0.493 e. The van der Waals surface area contributed by atoms with Gasteiger partial charge in [-0.05, 0) is 32.3 Å². The van der Waals surface area contributed by atoms with Crippen LogP contribution in [-0.2, 0) is 16.0 Å². The molecule has 0 N–H and O–H groups in total. The van der Waals surface area contributed by atoms with Crippen molar-refractivity contribution in [2.24, 2.45) is 0 Å². The number of pyridine rings is 1. The molecule has 0 radical (unpaired) electrons. The Morgan fingerprint density at radius 1 is 1.12 bits per heavy atom. The van der Waals surface area contributed by atoms with Gasteiger partial charge in [-0.1, -0.05) is 0 Å². The largest absolute Gasteiger partial charge is 0.493 e. The summed E-state index contributed by atoms with van der Waals surface area (Å²) < 4.78 is 24.7. The number of aromatic nitrogens is 5. The Kier molecular flexibility index (Phi) is 7.56. The van der Waals surface area contributed by atoms with Crippen molar-refractivity contribution >= 4 is 11.8 Å². The monoisotopic (exact) mass is 466 g/mol. The van der Waals surface area contributed by atoms with Crippen LogP contribution in [0.5, 0.6) is 5.75 Å². The summed E-state index contributed by atoms with van der Waals surface area (Å²) in [6.45, 7) is 3.08. The molecule has 34 heavy (non-hydrogen) atoms. The minimum absolute atomic E-state index is 0.0880. The van der Waals surface area contributed by atoms with Crippen molar-refractivity contribution in [3.05, 3.63) is 54.0 Å². The minimum atomic E-state index is -0.594. The number of rotatable bonds is 9. The Bertz CT molecular complexity index is 1130. The average molecular weight is 467 g/mol. The number of hydrogen-bond acceptors (Lipinski definition) is 9. The third kappa shape index (κ3) is 5.62. The van der Waals surface area contributed by atoms with E-state index in [1.807, 2.05) is 11.8 Å². The molecule has 4 rings (SSSR count). The number of carbonyl (C=O) groups is 1. The van der Waals surface area contributed by atoms with E-state index in [1.165, 1.54) is 13.2 Å². The average Bonchev–Trinajstić information content (AvgIpc) is 2.86. The van der Waals surface area contributed by atoms with E-state index in [9.17, 15) is 9.18 Å². The number of esters is 1. The lowest BCUT2D eigenvalue weighted by Gasteiger charge is -2.35. The van der Waals surface area contributed by atoms with Crippen LogP contribution in [0.25, 0.3) is 11.6 Å². The van der Waals surface area contributed by atoms with E-state index in [-0.39, 0.29) is 12.0 Å². The first kappa shape index (κ1) is 23.5. The zero-order chi connectivity index (χ0) is 23.9. The number of hydrogen-bond donors (Lipinski definition) is 0. The van der Waals surface area contributed by atoms with Crippen molar-refractivity contribution in [3.8, 4) is 17.4 Å². The van der Waals surface area contributed by atoms with Crippen LogP contribution in [0, 0.1) is 5.95 Å². The van der Waals surface area contributed by atoms with Crippen molar-refractivity contribution in [2.45, 2.75) is 45.1 Å². The van der Waals surface area contributed by atoms with Gasteiger partial charge in [0.2, 0.25) is 5.95 Å². The molecule has 0 amide bonds. The van der Waals surface area contributed by atoms with Gasteiger partial charge in [0.1, 0.15) is 11.6 Å². The van der Waals surface area contributed by atoms with Gasteiger partial charge < -0.3 is 14.4 Å². The fraction of sp³-hybridized carbons (Fsp3) is 0.417. The number of methoxy groups -OCH3 is 1. The molecule has 1 aliphatic rings. The number of ether oxygens (including phenoxy) is 2. The van der Waals surface area contributed by atoms with Crippen LogP contribution >= 0.6 is 0 Å². The van der Waals surface area contributed by atoms with E-state index in [2.05, 4.69) is 29.7 Å². The first-order valence-electron chi connectivity index (χ1n) is 11.3. The molecule has 9 nitrogen and oxygen atoms in total. The van der Waals surface area contributed by atoms with Gasteiger partial charge in [-0.2, -0.15) is 4.39 Å². The zero-order valence-electron chi connectivity index (χ0n) is 19.3. The van der Waals surface area contributed by atoms with Crippen LogP contribution in [0.3, 0.4) is 0 Å².